The van der Waals surface area contributed by atoms with E-state index in [1.165, 1.54) is 6.07 Å². The highest BCUT2D eigenvalue weighted by Crippen LogP contribution is 2.23. The second-order valence-electron chi connectivity index (χ2n) is 5.42. The zero-order valence-corrected chi connectivity index (χ0v) is 12.1. The van der Waals surface area contributed by atoms with Crippen LogP contribution in [0.3, 0.4) is 0 Å². The van der Waals surface area contributed by atoms with Crippen LogP contribution in [0, 0.1) is 10.1 Å². The average molecular weight is 278 g/mol. The van der Waals surface area contributed by atoms with Crippen LogP contribution in [0.25, 0.3) is 0 Å². The Kier molecular flexibility index (Phi) is 4.92. The Balaban J connectivity index is 1.91. The molecule has 2 rings (SSSR count). The summed E-state index contributed by atoms with van der Waals surface area (Å²) in [5.74, 6) is 0. The van der Waals surface area contributed by atoms with Gasteiger partial charge in [-0.25, -0.2) is 0 Å². The van der Waals surface area contributed by atoms with E-state index in [1.807, 2.05) is 6.07 Å². The molecule has 0 radical (unpaired) electrons. The monoisotopic (exact) mass is 278 g/mol. The smallest absolute Gasteiger partial charge is 0.292 e. The number of nitrogens with zero attached hydrogens (tertiary/aromatic N) is 3. The highest BCUT2D eigenvalue weighted by atomic mass is 16.6. The van der Waals surface area contributed by atoms with Crippen LogP contribution < -0.4 is 5.32 Å². The van der Waals surface area contributed by atoms with Crippen LogP contribution >= 0.6 is 0 Å². The standard InChI is InChI=1S/C14H22N4O2/c1-12(11-17-9-7-16(2)8-10-17)15-13-5-3-4-6-14(13)18(19)20/h3-6,12,15H,7-11H2,1-2H3/t12-/m0/s1. The first-order valence-electron chi connectivity index (χ1n) is 6.97. The molecular formula is C14H22N4O2. The van der Waals surface area contributed by atoms with E-state index in [9.17, 15) is 10.1 Å². The molecular weight excluding hydrogens is 256 g/mol. The van der Waals surface area contributed by atoms with Crippen LogP contribution in [0.5, 0.6) is 0 Å². The van der Waals surface area contributed by atoms with Crippen LogP contribution in [0.15, 0.2) is 24.3 Å². The molecule has 0 spiro atoms. The Labute approximate surface area is 119 Å². The van der Waals surface area contributed by atoms with E-state index in [0.29, 0.717) is 5.69 Å². The van der Waals surface area contributed by atoms with Crippen LogP contribution in [-0.4, -0.2) is 60.5 Å². The fourth-order valence-corrected chi connectivity index (χ4v) is 2.48. The molecule has 1 aromatic carbocycles. The Morgan fingerprint density at radius 3 is 2.60 bits per heavy atom. The fourth-order valence-electron chi connectivity index (χ4n) is 2.48. The summed E-state index contributed by atoms with van der Waals surface area (Å²) in [7, 11) is 2.13. The maximum Gasteiger partial charge on any atom is 0.292 e. The fraction of sp³-hybridized carbons (Fsp3) is 0.571. The van der Waals surface area contributed by atoms with Crippen molar-refractivity contribution in [2.75, 3.05) is 45.1 Å². The maximum atomic E-state index is 11.0. The van der Waals surface area contributed by atoms with Crippen molar-refractivity contribution in [2.24, 2.45) is 0 Å². The summed E-state index contributed by atoms with van der Waals surface area (Å²) in [6.45, 7) is 7.24. The number of nitrogens with one attached hydrogen (secondary N) is 1. The summed E-state index contributed by atoms with van der Waals surface area (Å²) in [6.07, 6.45) is 0. The topological polar surface area (TPSA) is 61.6 Å². The third-order valence-electron chi connectivity index (χ3n) is 3.63. The van der Waals surface area contributed by atoms with Crippen LogP contribution in [0.4, 0.5) is 11.4 Å². The molecule has 1 aromatic rings. The Morgan fingerprint density at radius 2 is 1.95 bits per heavy atom. The second-order valence-corrected chi connectivity index (χ2v) is 5.42. The zero-order valence-electron chi connectivity index (χ0n) is 12.1. The second kappa shape index (κ2) is 6.67. The van der Waals surface area contributed by atoms with E-state index < -0.39 is 0 Å². The van der Waals surface area contributed by atoms with Gasteiger partial charge in [0.2, 0.25) is 0 Å². The van der Waals surface area contributed by atoms with Crippen LogP contribution in [0.2, 0.25) is 0 Å². The van der Waals surface area contributed by atoms with E-state index in [0.717, 1.165) is 32.7 Å². The van der Waals surface area contributed by atoms with Crippen molar-refractivity contribution in [3.63, 3.8) is 0 Å². The van der Waals surface area contributed by atoms with Crippen molar-refractivity contribution < 1.29 is 4.92 Å². The summed E-state index contributed by atoms with van der Waals surface area (Å²) < 4.78 is 0. The number of rotatable bonds is 5. The lowest BCUT2D eigenvalue weighted by Crippen LogP contribution is -2.47. The third-order valence-corrected chi connectivity index (χ3v) is 3.63. The van der Waals surface area contributed by atoms with Gasteiger partial charge in [-0.1, -0.05) is 12.1 Å². The van der Waals surface area contributed by atoms with Crippen molar-refractivity contribution in [2.45, 2.75) is 13.0 Å². The van der Waals surface area contributed by atoms with E-state index in [2.05, 4.69) is 29.1 Å². The molecule has 1 aliphatic rings. The minimum absolute atomic E-state index is 0.137. The van der Waals surface area contributed by atoms with Gasteiger partial charge in [0, 0.05) is 44.8 Å². The quantitative estimate of drug-likeness (QED) is 0.655. The van der Waals surface area contributed by atoms with Crippen molar-refractivity contribution >= 4 is 11.4 Å². The number of para-hydroxylation sites is 2. The number of hydrogen-bond donors (Lipinski definition) is 1. The van der Waals surface area contributed by atoms with Crippen molar-refractivity contribution in [3.05, 3.63) is 34.4 Å². The highest BCUT2D eigenvalue weighted by Gasteiger charge is 2.18. The first-order valence-corrected chi connectivity index (χ1v) is 6.97. The van der Waals surface area contributed by atoms with Gasteiger partial charge in [-0.3, -0.25) is 15.0 Å². The Bertz CT molecular complexity index is 458. The van der Waals surface area contributed by atoms with Gasteiger partial charge >= 0.3 is 0 Å². The summed E-state index contributed by atoms with van der Waals surface area (Å²) in [4.78, 5) is 15.3. The van der Waals surface area contributed by atoms with Crippen molar-refractivity contribution in [1.29, 1.82) is 0 Å². The number of nitro groups is 1. The van der Waals surface area contributed by atoms with Gasteiger partial charge in [0.25, 0.3) is 5.69 Å². The van der Waals surface area contributed by atoms with E-state index in [1.54, 1.807) is 12.1 Å². The third kappa shape index (κ3) is 3.91. The minimum atomic E-state index is -0.342. The molecule has 0 amide bonds. The first-order chi connectivity index (χ1) is 9.56. The Hall–Kier alpha value is -1.66. The number of likely N-dealkylation sites (N-methyl/N-ethyl adjacent to an activating group) is 1. The lowest BCUT2D eigenvalue weighted by molar-refractivity contribution is -0.384. The largest absolute Gasteiger partial charge is 0.376 e. The molecule has 1 fully saturated rings. The maximum absolute atomic E-state index is 11.0. The van der Waals surface area contributed by atoms with Crippen LogP contribution in [-0.2, 0) is 0 Å². The first kappa shape index (κ1) is 14.7. The lowest BCUT2D eigenvalue weighted by Gasteiger charge is -2.34. The molecule has 6 nitrogen and oxygen atoms in total. The predicted octanol–water partition coefficient (Wildman–Crippen LogP) is 1.64. The van der Waals surface area contributed by atoms with Crippen LogP contribution in [0.1, 0.15) is 6.92 Å². The number of nitro benzene ring substituents is 1. The van der Waals surface area contributed by atoms with Crippen molar-refractivity contribution in [1.82, 2.24) is 9.80 Å². The summed E-state index contributed by atoms with van der Waals surface area (Å²) in [5.41, 5.74) is 0.733. The molecule has 0 aromatic heterocycles. The molecule has 6 heteroatoms. The molecule has 0 bridgehead atoms. The van der Waals surface area contributed by atoms with Gasteiger partial charge in [-0.05, 0) is 20.0 Å². The van der Waals surface area contributed by atoms with Gasteiger partial charge in [-0.15, -0.1) is 0 Å². The molecule has 0 saturated carbocycles. The predicted molar refractivity (Wildman–Crippen MR) is 80.1 cm³/mol. The minimum Gasteiger partial charge on any atom is -0.376 e. The number of benzene rings is 1. The molecule has 0 unspecified atom stereocenters. The van der Waals surface area contributed by atoms with E-state index in [-0.39, 0.29) is 16.7 Å². The van der Waals surface area contributed by atoms with Gasteiger partial charge in [0.1, 0.15) is 5.69 Å². The molecule has 1 saturated heterocycles. The van der Waals surface area contributed by atoms with Gasteiger partial charge < -0.3 is 10.2 Å². The molecule has 1 heterocycles. The van der Waals surface area contributed by atoms with E-state index in [4.69, 9.17) is 0 Å². The van der Waals surface area contributed by atoms with Gasteiger partial charge in [0.15, 0.2) is 0 Å². The molecule has 20 heavy (non-hydrogen) atoms. The molecule has 1 N–H and O–H groups in total. The summed E-state index contributed by atoms with van der Waals surface area (Å²) in [5, 5.41) is 14.2. The highest BCUT2D eigenvalue weighted by molar-refractivity contribution is 5.61. The average Bonchev–Trinajstić information content (AvgIpc) is 2.41. The summed E-state index contributed by atoms with van der Waals surface area (Å²) in [6, 6.07) is 6.98. The normalized spacial score (nSPS) is 18.7. The SMILES string of the molecule is C[C@@H](CN1CCN(C)CC1)Nc1ccccc1[N+](=O)[O-]. The van der Waals surface area contributed by atoms with E-state index >= 15 is 0 Å². The summed E-state index contributed by atoms with van der Waals surface area (Å²) >= 11 is 0. The Morgan fingerprint density at radius 1 is 1.30 bits per heavy atom. The zero-order chi connectivity index (χ0) is 14.5. The molecule has 110 valence electrons. The lowest BCUT2D eigenvalue weighted by atomic mass is 10.2. The van der Waals surface area contributed by atoms with Gasteiger partial charge in [-0.2, -0.15) is 0 Å². The van der Waals surface area contributed by atoms with Crippen molar-refractivity contribution in [3.8, 4) is 0 Å². The molecule has 0 aliphatic carbocycles. The number of piperazine rings is 1. The number of anilines is 1. The molecule has 1 atom stereocenters. The molecule has 1 aliphatic heterocycles. The van der Waals surface area contributed by atoms with Gasteiger partial charge in [0.05, 0.1) is 4.92 Å². The number of hydrogen-bond acceptors (Lipinski definition) is 5.